The van der Waals surface area contributed by atoms with Crippen molar-refractivity contribution < 1.29 is 66.8 Å². The highest BCUT2D eigenvalue weighted by Gasteiger charge is 2.44. The third kappa shape index (κ3) is 16.6. The fourth-order valence-electron chi connectivity index (χ4n) is 9.85. The third-order valence-electron chi connectivity index (χ3n) is 14.0. The molecule has 4 aromatic heterocycles. The number of carbonyl (C=O) groups is 4. The SMILES string of the molecule is CCOC(=O)c1cn(C)[n+]([O-])c1.CCOC(=O)c1cn(C)[n+]([O-])c1Cl.COc1c(C(=O)N[S@@](=O)CCC/C=C/[C@H](OC)[C@@H]2CC[C@H]2CN2C[C@@]3(CCCc4cc(Cl)ccc43)COc3ccc(C(N)=O)cc32)cn(C)[n+]1[O-].On1cc(I)cn1. The number of hydrogen-bond acceptors (Lipinski definition) is 16. The van der Waals surface area contributed by atoms with E-state index in [-0.39, 0.29) is 51.6 Å². The van der Waals surface area contributed by atoms with Gasteiger partial charge in [-0.15, -0.1) is 14.6 Å². The van der Waals surface area contributed by atoms with Crippen LogP contribution in [0.5, 0.6) is 11.6 Å². The number of methoxy groups -OCH3 is 2. The molecule has 6 aromatic rings. The summed E-state index contributed by atoms with van der Waals surface area (Å²) in [6.45, 7) is 6.02. The average molecular weight is 1330 g/mol. The number of unbranched alkanes of at least 4 members (excludes halogenated alkanes) is 1. The molecule has 2 aliphatic carbocycles. The number of halogens is 3. The van der Waals surface area contributed by atoms with E-state index in [4.69, 9.17) is 53.1 Å². The van der Waals surface area contributed by atoms with Gasteiger partial charge in [-0.1, -0.05) is 39.5 Å². The van der Waals surface area contributed by atoms with Crippen molar-refractivity contribution in [3.05, 3.63) is 148 Å². The number of aromatic nitrogens is 8. The number of rotatable bonds is 17. The second kappa shape index (κ2) is 29.9. The first kappa shape index (κ1) is 65.1. The summed E-state index contributed by atoms with van der Waals surface area (Å²) in [5.41, 5.74) is 9.77. The van der Waals surface area contributed by atoms with Gasteiger partial charge in [0.15, 0.2) is 11.1 Å². The van der Waals surface area contributed by atoms with E-state index < -0.39 is 34.7 Å². The van der Waals surface area contributed by atoms with Crippen LogP contribution in [0.15, 0.2) is 85.7 Å². The first-order valence-corrected chi connectivity index (χ1v) is 29.5. The van der Waals surface area contributed by atoms with Gasteiger partial charge in [0.1, 0.15) is 22.3 Å². The van der Waals surface area contributed by atoms with Crippen molar-refractivity contribution in [2.75, 3.05) is 57.8 Å². The van der Waals surface area contributed by atoms with Crippen LogP contribution in [-0.4, -0.2) is 116 Å². The number of fused-ring (bicyclic) bond motifs is 3. The minimum Gasteiger partial charge on any atom is -0.596 e. The molecule has 1 fully saturated rings. The Morgan fingerprint density at radius 2 is 1.67 bits per heavy atom. The summed E-state index contributed by atoms with van der Waals surface area (Å²) in [6.07, 6.45) is 18.7. The number of hydrogen-bond donors (Lipinski definition) is 3. The summed E-state index contributed by atoms with van der Waals surface area (Å²) < 4.78 is 46.5. The van der Waals surface area contributed by atoms with Crippen LogP contribution in [0, 0.1) is 31.0 Å². The zero-order chi connectivity index (χ0) is 60.7. The minimum absolute atomic E-state index is 0.0226. The van der Waals surface area contributed by atoms with Crippen LogP contribution in [0.3, 0.4) is 0 Å². The highest BCUT2D eigenvalue weighted by Crippen LogP contribution is 2.47. The van der Waals surface area contributed by atoms with Gasteiger partial charge in [-0.05, 0) is 151 Å². The van der Waals surface area contributed by atoms with Gasteiger partial charge >= 0.3 is 23.0 Å². The predicted molar refractivity (Wildman–Crippen MR) is 313 cm³/mol. The highest BCUT2D eigenvalue weighted by molar-refractivity contribution is 14.1. The molecule has 83 heavy (non-hydrogen) atoms. The van der Waals surface area contributed by atoms with E-state index in [1.54, 1.807) is 40.3 Å². The molecule has 25 nitrogen and oxygen atoms in total. The van der Waals surface area contributed by atoms with Crippen LogP contribution in [0.4, 0.5) is 5.69 Å². The van der Waals surface area contributed by atoms with E-state index in [0.717, 1.165) is 74.8 Å². The largest absolute Gasteiger partial charge is 0.596 e. The molecule has 5 atom stereocenters. The Kier molecular flexibility index (Phi) is 23.5. The van der Waals surface area contributed by atoms with Crippen molar-refractivity contribution in [2.45, 2.75) is 70.3 Å². The number of ether oxygens (including phenoxy) is 5. The third-order valence-corrected chi connectivity index (χ3v) is 16.3. The van der Waals surface area contributed by atoms with Gasteiger partial charge in [-0.25, -0.2) is 13.8 Å². The lowest BCUT2D eigenvalue weighted by Crippen LogP contribution is -2.49. The highest BCUT2D eigenvalue weighted by atomic mass is 127. The van der Waals surface area contributed by atoms with E-state index in [0.29, 0.717) is 58.0 Å². The molecular formula is C54H68Cl2IN11O14S. The number of nitrogens with zero attached hydrogens (tertiary/aromatic N) is 9. The van der Waals surface area contributed by atoms with Gasteiger partial charge in [-0.2, -0.15) is 9.36 Å². The Balaban J connectivity index is 0.000000276. The van der Waals surface area contributed by atoms with Gasteiger partial charge in [-0.3, -0.25) is 14.3 Å². The molecule has 0 saturated heterocycles. The fourth-order valence-corrected chi connectivity index (χ4v) is 11.5. The van der Waals surface area contributed by atoms with E-state index in [1.165, 1.54) is 72.7 Å². The molecule has 29 heteroatoms. The van der Waals surface area contributed by atoms with Crippen LogP contribution in [0.2, 0.25) is 10.2 Å². The second-order valence-electron chi connectivity index (χ2n) is 19.6. The summed E-state index contributed by atoms with van der Waals surface area (Å²) in [5.74, 6) is -0.657. The van der Waals surface area contributed by atoms with Crippen LogP contribution >= 0.6 is 45.8 Å². The predicted octanol–water partition coefficient (Wildman–Crippen LogP) is 5.41. The van der Waals surface area contributed by atoms with Gasteiger partial charge in [0.25, 0.3) is 5.91 Å². The molecule has 0 radical (unpaired) electrons. The maximum absolute atomic E-state index is 12.6. The van der Waals surface area contributed by atoms with Gasteiger partial charge in [0.05, 0.1) is 94.4 Å². The zero-order valence-electron chi connectivity index (χ0n) is 46.9. The number of nitrogens with two attached hydrogens (primary N) is 1. The van der Waals surface area contributed by atoms with Crippen molar-refractivity contribution in [2.24, 2.45) is 38.7 Å². The monoisotopic (exact) mass is 1320 g/mol. The molecule has 3 aliphatic rings. The summed E-state index contributed by atoms with van der Waals surface area (Å²) in [6, 6.07) is 11.7. The van der Waals surface area contributed by atoms with Gasteiger partial charge in [0, 0.05) is 42.0 Å². The smallest absolute Gasteiger partial charge is 0.418 e. The zero-order valence-corrected chi connectivity index (χ0v) is 51.4. The molecule has 5 heterocycles. The molecule has 9 rings (SSSR count). The maximum Gasteiger partial charge on any atom is 0.418 e. The maximum atomic E-state index is 12.6. The summed E-state index contributed by atoms with van der Waals surface area (Å²) in [4.78, 5) is 51.6. The number of allylic oxidation sites excluding steroid dienone is 1. The lowest BCUT2D eigenvalue weighted by Gasteiger charge is -2.46. The van der Waals surface area contributed by atoms with Crippen LogP contribution in [-0.2, 0) is 58.2 Å². The Bertz CT molecular complexity index is 3260. The summed E-state index contributed by atoms with van der Waals surface area (Å²) in [7, 11) is 5.94. The van der Waals surface area contributed by atoms with E-state index in [9.17, 15) is 39.0 Å². The van der Waals surface area contributed by atoms with Crippen LogP contribution < -0.4 is 39.4 Å². The topological polar surface area (TPSA) is 306 Å². The van der Waals surface area contributed by atoms with Crippen LogP contribution in [0.25, 0.3) is 0 Å². The second-order valence-corrected chi connectivity index (χ2v) is 22.9. The molecule has 450 valence electrons. The minimum atomic E-state index is -1.62. The Hall–Kier alpha value is -7.08. The number of nitrogens with one attached hydrogen (secondary N) is 1. The summed E-state index contributed by atoms with van der Waals surface area (Å²) in [5, 5.41) is 46.4. The van der Waals surface area contributed by atoms with E-state index in [1.807, 2.05) is 18.2 Å². The Morgan fingerprint density at radius 3 is 2.25 bits per heavy atom. The summed E-state index contributed by atoms with van der Waals surface area (Å²) >= 11 is 14.0. The molecule has 0 bridgehead atoms. The van der Waals surface area contributed by atoms with Crippen molar-refractivity contribution in [3.63, 3.8) is 0 Å². The molecule has 2 amide bonds. The standard InChI is InChI=1S/C37H46ClN5O7S.C7H9ClN2O3.C7H10N2O3.C3H3IN2O/c1-41-21-29(36(49-3)43(41)46)35(45)40-51(47)17-6-4-5-9-32(48-2)28-13-10-26(28)20-42-22-37(16-7-8-24-18-27(38)12-14-30(24)37)23-50-33-15-11-25(34(39)44)19-31(33)42;1-3-13-7(11)5-4-9(2)10(12)6(5)8;1-3-12-7(10)6-4-8(2)9(11)5-6;4-3-1-5-6(7)2-3/h5,9,11-12,14-15,18-19,21,26,28,32H,4,6-8,10,13,16-17,20,22-23H2,1-3H3,(H2,39,44)(H,40,45);4H,3H2,1-2H3;4-5H,3H2,1-2H3;1-2,7H/b9-5+;;;/t26-,28+,32-,37-,51-;;;/m0.../s1. The molecular weight excluding hydrogens is 1260 g/mol. The normalized spacial score (nSPS) is 17.5. The van der Waals surface area contributed by atoms with Crippen molar-refractivity contribution in [1.82, 2.24) is 28.7 Å². The van der Waals surface area contributed by atoms with Gasteiger partial charge < -0.3 is 55.1 Å². The molecule has 1 aliphatic heterocycles. The number of primary amides is 1. The number of esters is 2. The Labute approximate surface area is 505 Å². The average Bonchev–Trinajstić information content (AvgIpc) is 3.23. The number of benzene rings is 2. The molecule has 1 spiro atoms. The van der Waals surface area contributed by atoms with Crippen molar-refractivity contribution in [3.8, 4) is 11.6 Å². The van der Waals surface area contributed by atoms with Crippen molar-refractivity contribution >= 4 is 86.2 Å². The Morgan fingerprint density at radius 1 is 0.964 bits per heavy atom. The number of amides is 2. The van der Waals surface area contributed by atoms with Gasteiger partial charge in [0.2, 0.25) is 12.1 Å². The van der Waals surface area contributed by atoms with Crippen molar-refractivity contribution in [1.29, 1.82) is 0 Å². The number of carbonyl (C=O) groups excluding carboxylic acids is 4. The fraction of sp³-hybridized carbons (Fsp3) is 0.444. The molecule has 0 unspecified atom stereocenters. The molecule has 4 N–H and O–H groups in total. The molecule has 2 aromatic carbocycles. The number of aryl methyl sites for hydroxylation is 4. The first-order valence-electron chi connectivity index (χ1n) is 26.3. The lowest BCUT2D eigenvalue weighted by molar-refractivity contribution is -0.696. The quantitative estimate of drug-likeness (QED) is 0.0195. The van der Waals surface area contributed by atoms with E-state index in [2.05, 4.69) is 66.3 Å². The molecule has 1 saturated carbocycles. The van der Waals surface area contributed by atoms with E-state index >= 15 is 0 Å². The number of anilines is 1. The van der Waals surface area contributed by atoms with Crippen LogP contribution in [0.1, 0.15) is 105 Å². The lowest BCUT2D eigenvalue weighted by atomic mass is 9.68. The first-order chi connectivity index (χ1) is 39.5.